The largest absolute Gasteiger partial charge is 0.419 e. The van der Waals surface area contributed by atoms with Gasteiger partial charge in [-0.25, -0.2) is 4.98 Å². The van der Waals surface area contributed by atoms with E-state index in [1.165, 1.54) is 22.2 Å². The molecule has 6 nitrogen and oxygen atoms in total. The Morgan fingerprint density at radius 2 is 1.85 bits per heavy atom. The summed E-state index contributed by atoms with van der Waals surface area (Å²) in [5.41, 5.74) is 6.31. The van der Waals surface area contributed by atoms with Gasteiger partial charge in [-0.2, -0.15) is 0 Å². The molecule has 1 fully saturated rings. The number of anilines is 1. The molecule has 0 bridgehead atoms. The third-order valence-electron chi connectivity index (χ3n) is 8.25. The Bertz CT molecular complexity index is 1230. The first kappa shape index (κ1) is 21.0. The Hall–Kier alpha value is -2.57. The van der Waals surface area contributed by atoms with Crippen LogP contribution in [0.1, 0.15) is 55.6 Å². The number of likely N-dealkylation sites (N-methyl/N-ethyl adjacent to an activating group) is 1. The van der Waals surface area contributed by atoms with Gasteiger partial charge in [0.05, 0.1) is 24.8 Å². The van der Waals surface area contributed by atoms with E-state index in [9.17, 15) is 0 Å². The van der Waals surface area contributed by atoms with E-state index in [0.29, 0.717) is 6.04 Å². The van der Waals surface area contributed by atoms with E-state index >= 15 is 0 Å². The number of fused-ring (bicyclic) bond motifs is 3. The average Bonchev–Trinajstić information content (AvgIpc) is 3.40. The molecule has 0 saturated carbocycles. The molecule has 0 aliphatic carbocycles. The number of para-hydroxylation sites is 1. The number of ether oxygens (including phenoxy) is 1. The molecule has 174 valence electrons. The normalized spacial score (nSPS) is 22.5. The number of rotatable bonds is 4. The highest BCUT2D eigenvalue weighted by Gasteiger charge is 2.47. The molecule has 5 heterocycles. The molecule has 6 rings (SSSR count). The van der Waals surface area contributed by atoms with E-state index in [1.807, 2.05) is 0 Å². The number of aryl methyl sites for hydroxylation is 1. The van der Waals surface area contributed by atoms with Crippen LogP contribution in [0.15, 0.2) is 34.8 Å². The van der Waals surface area contributed by atoms with E-state index in [-0.39, 0.29) is 5.41 Å². The van der Waals surface area contributed by atoms with Crippen molar-refractivity contribution in [2.24, 2.45) is 5.41 Å². The summed E-state index contributed by atoms with van der Waals surface area (Å²) < 4.78 is 14.6. The first-order valence-electron chi connectivity index (χ1n) is 12.4. The fraction of sp³-hybridized carbons (Fsp3) is 0.519. The van der Waals surface area contributed by atoms with Crippen molar-refractivity contribution in [3.05, 3.63) is 53.2 Å². The first-order chi connectivity index (χ1) is 16.1. The van der Waals surface area contributed by atoms with Crippen LogP contribution >= 0.6 is 0 Å². The Labute approximate surface area is 195 Å². The van der Waals surface area contributed by atoms with E-state index in [4.69, 9.17) is 14.1 Å². The van der Waals surface area contributed by atoms with Crippen molar-refractivity contribution in [3.8, 4) is 0 Å². The smallest absolute Gasteiger partial charge is 0.245 e. The van der Waals surface area contributed by atoms with Crippen LogP contribution in [0.5, 0.6) is 0 Å². The number of hydrogen-bond donors (Lipinski definition) is 0. The van der Waals surface area contributed by atoms with Crippen LogP contribution in [0.3, 0.4) is 0 Å². The van der Waals surface area contributed by atoms with E-state index in [0.717, 1.165) is 75.3 Å². The summed E-state index contributed by atoms with van der Waals surface area (Å²) in [6, 6.07) is 9.22. The minimum absolute atomic E-state index is 0.0468. The molecule has 6 heteroatoms. The number of nitrogens with zero attached hydrogens (tertiary/aromatic N) is 4. The summed E-state index contributed by atoms with van der Waals surface area (Å²) in [5, 5.41) is 1.37. The topological polar surface area (TPSA) is 46.7 Å². The van der Waals surface area contributed by atoms with Crippen LogP contribution in [-0.4, -0.2) is 54.3 Å². The maximum absolute atomic E-state index is 6.56. The Kier molecular flexibility index (Phi) is 4.93. The standard InChI is InChI=1S/C27H34N4O2/c1-5-27(6-2)17-22(25-28-18(3)26(33-25)30-13-15-32-16-14-30)31-21-10-8-7-9-19(21)20-11-12-29(4)24(27)23(20)31/h7-10,17,24H,5-6,11-16H2,1-4H3/t24-/m1/s1. The molecule has 33 heavy (non-hydrogen) atoms. The number of benzene rings is 1. The lowest BCUT2D eigenvalue weighted by Crippen LogP contribution is -2.45. The van der Waals surface area contributed by atoms with Crippen LogP contribution in [0.25, 0.3) is 16.6 Å². The summed E-state index contributed by atoms with van der Waals surface area (Å²) in [5.74, 6) is 1.62. The van der Waals surface area contributed by atoms with Crippen LogP contribution in [0, 0.1) is 12.3 Å². The van der Waals surface area contributed by atoms with Crippen molar-refractivity contribution >= 4 is 22.5 Å². The molecule has 0 N–H and O–H groups in total. The Morgan fingerprint density at radius 3 is 2.61 bits per heavy atom. The summed E-state index contributed by atoms with van der Waals surface area (Å²) in [7, 11) is 2.29. The van der Waals surface area contributed by atoms with E-state index in [1.54, 1.807) is 0 Å². The van der Waals surface area contributed by atoms with Crippen LogP contribution in [0.2, 0.25) is 0 Å². The van der Waals surface area contributed by atoms with Gasteiger partial charge in [0.25, 0.3) is 0 Å². The molecule has 2 aromatic heterocycles. The lowest BCUT2D eigenvalue weighted by Gasteiger charge is -2.48. The SMILES string of the molecule is CCC1(CC)C=C(c2nc(C)c(N3CCOCC3)o2)n2c3c(c4ccccc42)CCN(C)[C@H]31. The Morgan fingerprint density at radius 1 is 1.09 bits per heavy atom. The minimum Gasteiger partial charge on any atom is -0.419 e. The van der Waals surface area contributed by atoms with Crippen LogP contribution in [-0.2, 0) is 11.2 Å². The predicted molar refractivity (Wildman–Crippen MR) is 132 cm³/mol. The maximum atomic E-state index is 6.56. The van der Waals surface area contributed by atoms with Gasteiger partial charge in [-0.05, 0) is 50.9 Å². The maximum Gasteiger partial charge on any atom is 0.245 e. The molecule has 3 aliphatic rings. The molecule has 3 aromatic rings. The number of oxazole rings is 1. The molecule has 1 aromatic carbocycles. The molecule has 0 unspecified atom stereocenters. The van der Waals surface area contributed by atoms with Gasteiger partial charge in [0, 0.05) is 36.1 Å². The van der Waals surface area contributed by atoms with Gasteiger partial charge < -0.3 is 18.6 Å². The molecule has 0 radical (unpaired) electrons. The van der Waals surface area contributed by atoms with Crippen molar-refractivity contribution in [3.63, 3.8) is 0 Å². The second-order valence-electron chi connectivity index (χ2n) is 9.83. The van der Waals surface area contributed by atoms with Crippen molar-refractivity contribution in [2.75, 3.05) is 44.8 Å². The van der Waals surface area contributed by atoms with E-state index < -0.39 is 0 Å². The molecule has 0 amide bonds. The van der Waals surface area contributed by atoms with Crippen LogP contribution < -0.4 is 4.90 Å². The zero-order valence-electron chi connectivity index (χ0n) is 20.2. The monoisotopic (exact) mass is 446 g/mol. The first-order valence-corrected chi connectivity index (χ1v) is 12.4. The summed E-state index contributed by atoms with van der Waals surface area (Å²) >= 11 is 0. The molecule has 1 atom stereocenters. The highest BCUT2D eigenvalue weighted by Crippen LogP contribution is 2.55. The van der Waals surface area contributed by atoms with Crippen molar-refractivity contribution in [2.45, 2.75) is 46.1 Å². The highest BCUT2D eigenvalue weighted by molar-refractivity contribution is 5.91. The number of aromatic nitrogens is 2. The lowest BCUT2D eigenvalue weighted by molar-refractivity contribution is 0.0939. The summed E-state index contributed by atoms with van der Waals surface area (Å²) in [4.78, 5) is 9.83. The highest BCUT2D eigenvalue weighted by atomic mass is 16.5. The fourth-order valence-electron chi connectivity index (χ4n) is 6.45. The summed E-state index contributed by atoms with van der Waals surface area (Å²) in [6.45, 7) is 11.0. The van der Waals surface area contributed by atoms with Crippen molar-refractivity contribution in [1.29, 1.82) is 0 Å². The molecule has 3 aliphatic heterocycles. The van der Waals surface area contributed by atoms with Gasteiger partial charge in [0.2, 0.25) is 11.8 Å². The molecule has 0 spiro atoms. The predicted octanol–water partition coefficient (Wildman–Crippen LogP) is 5.01. The second-order valence-corrected chi connectivity index (χ2v) is 9.83. The zero-order chi connectivity index (χ0) is 22.7. The van der Waals surface area contributed by atoms with Gasteiger partial charge in [0.15, 0.2) is 0 Å². The Balaban J connectivity index is 1.60. The molecule has 1 saturated heterocycles. The van der Waals surface area contributed by atoms with Gasteiger partial charge in [-0.15, -0.1) is 0 Å². The van der Waals surface area contributed by atoms with Gasteiger partial charge >= 0.3 is 0 Å². The van der Waals surface area contributed by atoms with E-state index in [2.05, 4.69) is 72.5 Å². The van der Waals surface area contributed by atoms with Crippen molar-refractivity contribution < 1.29 is 9.15 Å². The fourth-order valence-corrected chi connectivity index (χ4v) is 6.45. The second kappa shape index (κ2) is 7.74. The van der Waals surface area contributed by atoms with Crippen LogP contribution in [0.4, 0.5) is 5.88 Å². The van der Waals surface area contributed by atoms with Crippen molar-refractivity contribution in [1.82, 2.24) is 14.5 Å². The summed E-state index contributed by atoms with van der Waals surface area (Å²) in [6.07, 6.45) is 5.73. The van der Waals surface area contributed by atoms with Gasteiger partial charge in [-0.1, -0.05) is 32.0 Å². The number of hydrogen-bond acceptors (Lipinski definition) is 5. The minimum atomic E-state index is 0.0468. The number of morpholine rings is 1. The average molecular weight is 447 g/mol. The molecular formula is C27H34N4O2. The molecular weight excluding hydrogens is 412 g/mol. The third kappa shape index (κ3) is 2.96. The van der Waals surface area contributed by atoms with Gasteiger partial charge in [-0.3, -0.25) is 4.90 Å². The lowest BCUT2D eigenvalue weighted by atomic mass is 9.69. The quantitative estimate of drug-likeness (QED) is 0.564. The third-order valence-corrected chi connectivity index (χ3v) is 8.25. The zero-order valence-corrected chi connectivity index (χ0v) is 20.2. The van der Waals surface area contributed by atoms with Gasteiger partial charge in [0.1, 0.15) is 11.4 Å².